The fraction of sp³-hybridized carbons (Fsp3) is 0.949. The van der Waals surface area contributed by atoms with Crippen molar-refractivity contribution in [3.63, 3.8) is 0 Å². The molecule has 6 atom stereocenters. The summed E-state index contributed by atoms with van der Waals surface area (Å²) in [5, 5.41) is 10.6. The van der Waals surface area contributed by atoms with E-state index in [1.807, 2.05) is 0 Å². The van der Waals surface area contributed by atoms with Crippen molar-refractivity contribution < 1.29 is 80.2 Å². The van der Waals surface area contributed by atoms with Gasteiger partial charge in [0.2, 0.25) is 0 Å². The van der Waals surface area contributed by atoms with Crippen molar-refractivity contribution in [3.8, 4) is 0 Å². The summed E-state index contributed by atoms with van der Waals surface area (Å²) < 4.78 is 68.6. The molecule has 19 heteroatoms. The smallest absolute Gasteiger partial charge is 0.462 e. The number of phosphoric ester groups is 2. The highest BCUT2D eigenvalue weighted by molar-refractivity contribution is 7.47. The van der Waals surface area contributed by atoms with Gasteiger partial charge >= 0.3 is 39.5 Å². The minimum Gasteiger partial charge on any atom is -0.462 e. The lowest BCUT2D eigenvalue weighted by Crippen LogP contribution is -2.30. The van der Waals surface area contributed by atoms with Crippen LogP contribution in [0.5, 0.6) is 0 Å². The summed E-state index contributed by atoms with van der Waals surface area (Å²) in [5.41, 5.74) is 0. The number of esters is 4. The van der Waals surface area contributed by atoms with Crippen LogP contribution < -0.4 is 0 Å². The summed E-state index contributed by atoms with van der Waals surface area (Å²) in [6.07, 6.45) is 59.7. The first-order valence-electron chi connectivity index (χ1n) is 41.0. The Bertz CT molecular complexity index is 1890. The second-order valence-electron chi connectivity index (χ2n) is 29.2. The number of hydrogen-bond donors (Lipinski definition) is 3. The number of aliphatic hydroxyl groups is 1. The van der Waals surface area contributed by atoms with Crippen molar-refractivity contribution in [2.24, 2.45) is 11.8 Å². The minimum absolute atomic E-state index is 0.106. The van der Waals surface area contributed by atoms with E-state index < -0.39 is 97.5 Å². The fourth-order valence-corrected chi connectivity index (χ4v) is 13.7. The third kappa shape index (κ3) is 71.1. The molecule has 0 saturated carbocycles. The second-order valence-corrected chi connectivity index (χ2v) is 32.1. The number of rotatable bonds is 78. The summed E-state index contributed by atoms with van der Waals surface area (Å²) >= 11 is 0. The molecule has 0 aromatic carbocycles. The lowest BCUT2D eigenvalue weighted by molar-refractivity contribution is -0.161. The SMILES string of the molecule is CCCCCCCCCCCCCCCCCCC(=O)OC[C@H](COP(=O)(O)OC[C@@H](O)COP(=O)(O)OC[C@@H](COC(=O)CCCCCCCCC(C)CC)OC(=O)CCCCCCCCCCCCC)OC(=O)CCCCCCCCCCCCCCCCCCCCC(C)C. The molecule has 0 heterocycles. The Hall–Kier alpha value is -1.94. The molecular formula is C79H154O17P2. The zero-order chi connectivity index (χ0) is 72.1. The Morgan fingerprint density at radius 1 is 0.296 bits per heavy atom. The topological polar surface area (TPSA) is 237 Å². The third-order valence-corrected chi connectivity index (χ3v) is 20.7. The fourth-order valence-electron chi connectivity index (χ4n) is 12.2. The zero-order valence-electron chi connectivity index (χ0n) is 64.1. The van der Waals surface area contributed by atoms with E-state index >= 15 is 0 Å². The van der Waals surface area contributed by atoms with E-state index in [4.69, 9.17) is 37.0 Å². The van der Waals surface area contributed by atoms with Crippen LogP contribution >= 0.6 is 15.6 Å². The molecule has 0 aliphatic rings. The lowest BCUT2D eigenvalue weighted by Gasteiger charge is -2.21. The summed E-state index contributed by atoms with van der Waals surface area (Å²) in [4.78, 5) is 72.9. The van der Waals surface area contributed by atoms with Crippen LogP contribution in [0.15, 0.2) is 0 Å². The minimum atomic E-state index is -4.96. The van der Waals surface area contributed by atoms with Gasteiger partial charge in [-0.2, -0.15) is 0 Å². The van der Waals surface area contributed by atoms with E-state index in [9.17, 15) is 43.2 Å². The Kier molecular flexibility index (Phi) is 69.3. The van der Waals surface area contributed by atoms with Crippen LogP contribution in [0.3, 0.4) is 0 Å². The molecule has 0 aromatic heterocycles. The largest absolute Gasteiger partial charge is 0.472 e. The van der Waals surface area contributed by atoms with E-state index in [2.05, 4.69) is 41.5 Å². The quantitative estimate of drug-likeness (QED) is 0.0222. The van der Waals surface area contributed by atoms with Crippen LogP contribution in [0.2, 0.25) is 0 Å². The van der Waals surface area contributed by atoms with Crippen molar-refractivity contribution in [2.75, 3.05) is 39.6 Å². The van der Waals surface area contributed by atoms with Gasteiger partial charge in [-0.15, -0.1) is 0 Å². The molecule has 0 aliphatic heterocycles. The lowest BCUT2D eigenvalue weighted by atomic mass is 10.00. The number of phosphoric acid groups is 2. The molecule has 0 saturated heterocycles. The van der Waals surface area contributed by atoms with Crippen molar-refractivity contribution in [1.82, 2.24) is 0 Å². The molecule has 3 unspecified atom stereocenters. The van der Waals surface area contributed by atoms with E-state index in [0.717, 1.165) is 108 Å². The molecule has 3 N–H and O–H groups in total. The van der Waals surface area contributed by atoms with Crippen LogP contribution in [-0.2, 0) is 65.4 Å². The van der Waals surface area contributed by atoms with Gasteiger partial charge < -0.3 is 33.8 Å². The van der Waals surface area contributed by atoms with Crippen molar-refractivity contribution in [1.29, 1.82) is 0 Å². The summed E-state index contributed by atoms with van der Waals surface area (Å²) in [7, 11) is -9.91. The van der Waals surface area contributed by atoms with Gasteiger partial charge in [-0.1, -0.05) is 363 Å². The molecule has 0 rings (SSSR count). The van der Waals surface area contributed by atoms with Crippen molar-refractivity contribution >= 4 is 39.5 Å². The van der Waals surface area contributed by atoms with E-state index in [1.165, 1.54) is 225 Å². The average molecular weight is 1440 g/mol. The monoisotopic (exact) mass is 1440 g/mol. The molecule has 98 heavy (non-hydrogen) atoms. The summed E-state index contributed by atoms with van der Waals surface area (Å²) in [6.45, 7) is 9.61. The maximum Gasteiger partial charge on any atom is 0.472 e. The number of carbonyl (C=O) groups is 4. The van der Waals surface area contributed by atoms with E-state index in [-0.39, 0.29) is 25.7 Å². The number of hydrogen-bond acceptors (Lipinski definition) is 15. The Labute approximate surface area is 600 Å². The summed E-state index contributed by atoms with van der Waals surface area (Å²) in [5.74, 6) is -0.560. The van der Waals surface area contributed by atoms with Crippen molar-refractivity contribution in [3.05, 3.63) is 0 Å². The van der Waals surface area contributed by atoms with E-state index in [1.54, 1.807) is 0 Å². The predicted molar refractivity (Wildman–Crippen MR) is 400 cm³/mol. The third-order valence-electron chi connectivity index (χ3n) is 18.8. The second kappa shape index (κ2) is 70.7. The van der Waals surface area contributed by atoms with Crippen LogP contribution in [0.25, 0.3) is 0 Å². The van der Waals surface area contributed by atoms with E-state index in [0.29, 0.717) is 25.7 Å². The van der Waals surface area contributed by atoms with Crippen LogP contribution in [0.1, 0.15) is 414 Å². The van der Waals surface area contributed by atoms with Gasteiger partial charge in [0.25, 0.3) is 0 Å². The number of unbranched alkanes of at least 4 members (excludes halogenated alkanes) is 47. The molecular weight excluding hydrogens is 1280 g/mol. The molecule has 0 spiro atoms. The molecule has 0 amide bonds. The van der Waals surface area contributed by atoms with Gasteiger partial charge in [0, 0.05) is 25.7 Å². The molecule has 0 fully saturated rings. The maximum atomic E-state index is 13.1. The van der Waals surface area contributed by atoms with Gasteiger partial charge in [-0.05, 0) is 37.5 Å². The van der Waals surface area contributed by atoms with Crippen LogP contribution in [0.4, 0.5) is 0 Å². The first kappa shape index (κ1) is 96.1. The molecule has 0 aromatic rings. The van der Waals surface area contributed by atoms with Gasteiger partial charge in [0.05, 0.1) is 26.4 Å². The number of aliphatic hydroxyl groups excluding tert-OH is 1. The average Bonchev–Trinajstić information content (AvgIpc) is 0.948. The first-order chi connectivity index (χ1) is 47.4. The molecule has 582 valence electrons. The van der Waals surface area contributed by atoms with Gasteiger partial charge in [0.15, 0.2) is 12.2 Å². The van der Waals surface area contributed by atoms with Crippen LogP contribution in [0, 0.1) is 11.8 Å². The highest BCUT2D eigenvalue weighted by Gasteiger charge is 2.30. The molecule has 17 nitrogen and oxygen atoms in total. The highest BCUT2D eigenvalue weighted by atomic mass is 31.2. The highest BCUT2D eigenvalue weighted by Crippen LogP contribution is 2.45. The Morgan fingerprint density at radius 2 is 0.520 bits per heavy atom. The van der Waals surface area contributed by atoms with Gasteiger partial charge in [-0.3, -0.25) is 37.3 Å². The maximum absolute atomic E-state index is 13.1. The Balaban J connectivity index is 5.21. The summed E-state index contributed by atoms with van der Waals surface area (Å²) in [6, 6.07) is 0. The predicted octanol–water partition coefficient (Wildman–Crippen LogP) is 23.5. The Morgan fingerprint density at radius 3 is 0.776 bits per heavy atom. The first-order valence-corrected chi connectivity index (χ1v) is 44.0. The number of carbonyl (C=O) groups excluding carboxylic acids is 4. The molecule has 0 bridgehead atoms. The van der Waals surface area contributed by atoms with Gasteiger partial charge in [-0.25, -0.2) is 9.13 Å². The normalized spacial score (nSPS) is 14.2. The van der Waals surface area contributed by atoms with Crippen molar-refractivity contribution in [2.45, 2.75) is 432 Å². The number of ether oxygens (including phenoxy) is 4. The zero-order valence-corrected chi connectivity index (χ0v) is 65.9. The van der Waals surface area contributed by atoms with Gasteiger partial charge in [0.1, 0.15) is 19.3 Å². The molecule has 0 aliphatic carbocycles. The standard InChI is InChI=1S/C79H154O17P2/c1-7-10-12-14-16-18-20-21-22-28-31-35-38-42-49-55-61-76(81)89-67-74(95-79(84)64-58-52-44-40-36-32-29-26-24-23-25-27-30-34-37-41-47-53-59-71(4)5)69-93-97(85,86)91-65-73(80)66-92-98(87,88)94-70-75(68-90-77(82)62-56-50-46-45-48-54-60-72(6)9-3)96-78(83)63-57-51-43-39-33-19-17-15-13-11-8-2/h71-75,80H,7-70H2,1-6H3,(H,85,86)(H,87,88)/t72?,73-,74-,75-/m1/s1. The van der Waals surface area contributed by atoms with Crippen LogP contribution in [-0.4, -0.2) is 96.7 Å². The molecule has 0 radical (unpaired) electrons.